The maximum atomic E-state index is 4.93. The first-order chi connectivity index (χ1) is 22.6. The van der Waals surface area contributed by atoms with Gasteiger partial charge in [-0.05, 0) is 129 Å². The second-order valence-corrected chi connectivity index (χ2v) is 18.0. The number of aromatic nitrogens is 2. The molecule has 5 rings (SSSR count). The van der Waals surface area contributed by atoms with Crippen LogP contribution in [0.3, 0.4) is 0 Å². The van der Waals surface area contributed by atoms with Crippen LogP contribution in [0.5, 0.6) is 0 Å². The molecular formula is C46H57N3. The first kappa shape index (κ1) is 36.1. The molecule has 0 radical (unpaired) electrons. The molecule has 256 valence electrons. The quantitative estimate of drug-likeness (QED) is 0.239. The molecule has 49 heavy (non-hydrogen) atoms. The monoisotopic (exact) mass is 651 g/mol. The van der Waals surface area contributed by atoms with Crippen molar-refractivity contribution in [2.75, 3.05) is 0 Å². The Hall–Kier alpha value is -4.24. The van der Waals surface area contributed by atoms with E-state index in [1.165, 1.54) is 50.1 Å². The molecule has 2 aromatic carbocycles. The molecule has 0 bridgehead atoms. The molecular weight excluding hydrogens is 595 g/mol. The third-order valence-electron chi connectivity index (χ3n) is 9.65. The van der Waals surface area contributed by atoms with Crippen molar-refractivity contribution in [2.24, 2.45) is 5.41 Å². The second-order valence-electron chi connectivity index (χ2n) is 18.0. The lowest BCUT2D eigenvalue weighted by Crippen LogP contribution is -2.22. The maximum absolute atomic E-state index is 4.93. The number of aryl methyl sites for hydroxylation is 2. The van der Waals surface area contributed by atoms with Crippen molar-refractivity contribution in [3.8, 4) is 11.3 Å². The van der Waals surface area contributed by atoms with E-state index in [0.717, 1.165) is 28.3 Å². The average molecular weight is 652 g/mol. The van der Waals surface area contributed by atoms with Crippen LogP contribution < -0.4 is 5.32 Å². The Bertz CT molecular complexity index is 1950. The molecule has 1 aliphatic rings. The van der Waals surface area contributed by atoms with Crippen molar-refractivity contribution in [3.63, 3.8) is 0 Å². The predicted octanol–water partition coefficient (Wildman–Crippen LogP) is 12.0. The zero-order chi connectivity index (χ0) is 36.1. The summed E-state index contributed by atoms with van der Waals surface area (Å²) in [6.45, 7) is 31.8. The van der Waals surface area contributed by atoms with Crippen molar-refractivity contribution < 1.29 is 0 Å². The zero-order valence-corrected chi connectivity index (χ0v) is 32.5. The van der Waals surface area contributed by atoms with E-state index in [1.807, 2.05) is 12.4 Å². The standard InChI is InChI=1S/C46H57N3/c1-29-16-15-17-30(2)41(29)42(32-22-31(23-35(24-32)45(9,10)11)37-25-33(18-20-47-37)43(3,4)5)40-28-36(46(12,13)14)27-39(49-40)38-26-34(19-21-48-38)44(6,7)8/h15-28,49H,1-14H3/b42-40+. The smallest absolute Gasteiger partial charge is 0.0867 e. The van der Waals surface area contributed by atoms with E-state index in [4.69, 9.17) is 9.97 Å². The minimum absolute atomic E-state index is 0.0137. The lowest BCUT2D eigenvalue weighted by molar-refractivity contribution is 0.515. The fourth-order valence-corrected chi connectivity index (χ4v) is 6.37. The summed E-state index contributed by atoms with van der Waals surface area (Å²) in [5, 5.41) is 3.93. The lowest BCUT2D eigenvalue weighted by Gasteiger charge is -2.30. The van der Waals surface area contributed by atoms with Crippen LogP contribution in [0.15, 0.2) is 96.5 Å². The van der Waals surface area contributed by atoms with E-state index in [2.05, 4.69) is 175 Å². The van der Waals surface area contributed by atoms with Gasteiger partial charge in [0, 0.05) is 29.2 Å². The summed E-state index contributed by atoms with van der Waals surface area (Å²) < 4.78 is 0. The molecule has 0 amide bonds. The Labute approximate surface area is 296 Å². The molecule has 0 atom stereocenters. The molecule has 3 heterocycles. The molecule has 0 fully saturated rings. The summed E-state index contributed by atoms with van der Waals surface area (Å²) in [6, 6.07) is 22.5. The minimum Gasteiger partial charge on any atom is -0.353 e. The zero-order valence-electron chi connectivity index (χ0n) is 32.5. The predicted molar refractivity (Wildman–Crippen MR) is 211 cm³/mol. The van der Waals surface area contributed by atoms with Gasteiger partial charge in [-0.1, -0.05) is 107 Å². The van der Waals surface area contributed by atoms with Gasteiger partial charge in [-0.3, -0.25) is 9.97 Å². The van der Waals surface area contributed by atoms with Gasteiger partial charge in [-0.2, -0.15) is 0 Å². The number of benzene rings is 2. The lowest BCUT2D eigenvalue weighted by atomic mass is 9.79. The van der Waals surface area contributed by atoms with Gasteiger partial charge < -0.3 is 5.32 Å². The van der Waals surface area contributed by atoms with Crippen LogP contribution in [-0.4, -0.2) is 9.97 Å². The number of pyridine rings is 2. The molecule has 3 heteroatoms. The van der Waals surface area contributed by atoms with Gasteiger partial charge in [0.2, 0.25) is 0 Å². The van der Waals surface area contributed by atoms with Crippen molar-refractivity contribution in [2.45, 2.75) is 113 Å². The summed E-state index contributed by atoms with van der Waals surface area (Å²) in [5.41, 5.74) is 16.2. The first-order valence-corrected chi connectivity index (χ1v) is 17.7. The molecule has 1 aliphatic heterocycles. The highest BCUT2D eigenvalue weighted by atomic mass is 14.9. The van der Waals surface area contributed by atoms with E-state index in [9.17, 15) is 0 Å². The third-order valence-corrected chi connectivity index (χ3v) is 9.65. The van der Waals surface area contributed by atoms with Crippen LogP contribution in [-0.2, 0) is 16.2 Å². The maximum Gasteiger partial charge on any atom is 0.0867 e. The van der Waals surface area contributed by atoms with E-state index in [1.54, 1.807) is 0 Å². The van der Waals surface area contributed by atoms with Crippen LogP contribution in [0.1, 0.15) is 128 Å². The number of hydrogen-bond donors (Lipinski definition) is 1. The van der Waals surface area contributed by atoms with Gasteiger partial charge in [0.15, 0.2) is 0 Å². The van der Waals surface area contributed by atoms with Gasteiger partial charge in [-0.15, -0.1) is 0 Å². The van der Waals surface area contributed by atoms with Crippen molar-refractivity contribution >= 4 is 11.3 Å². The van der Waals surface area contributed by atoms with Gasteiger partial charge in [-0.25, -0.2) is 0 Å². The number of nitrogens with zero attached hydrogens (tertiary/aromatic N) is 2. The highest BCUT2D eigenvalue weighted by Gasteiger charge is 2.27. The van der Waals surface area contributed by atoms with Crippen molar-refractivity contribution in [3.05, 3.63) is 141 Å². The summed E-state index contributed by atoms with van der Waals surface area (Å²) in [5.74, 6) is 0. The minimum atomic E-state index is -0.0815. The van der Waals surface area contributed by atoms with E-state index in [0.29, 0.717) is 0 Å². The molecule has 0 spiro atoms. The third kappa shape index (κ3) is 7.99. The fourth-order valence-electron chi connectivity index (χ4n) is 6.37. The molecule has 3 nitrogen and oxygen atoms in total. The topological polar surface area (TPSA) is 37.8 Å². The van der Waals surface area contributed by atoms with E-state index >= 15 is 0 Å². The second kappa shape index (κ2) is 12.9. The Morgan fingerprint density at radius 3 is 1.61 bits per heavy atom. The van der Waals surface area contributed by atoms with Crippen LogP contribution in [0.2, 0.25) is 0 Å². The Kier molecular flexibility index (Phi) is 9.49. The molecule has 1 N–H and O–H groups in total. The number of rotatable bonds is 4. The highest BCUT2D eigenvalue weighted by molar-refractivity contribution is 5.90. The molecule has 0 unspecified atom stereocenters. The van der Waals surface area contributed by atoms with Gasteiger partial charge in [0.05, 0.1) is 17.1 Å². The molecule has 2 aromatic heterocycles. The van der Waals surface area contributed by atoms with Gasteiger partial charge >= 0.3 is 0 Å². The van der Waals surface area contributed by atoms with Gasteiger partial charge in [0.1, 0.15) is 0 Å². The molecule has 0 saturated carbocycles. The summed E-state index contributed by atoms with van der Waals surface area (Å²) >= 11 is 0. The molecule has 4 aromatic rings. The van der Waals surface area contributed by atoms with Crippen molar-refractivity contribution in [1.29, 1.82) is 0 Å². The van der Waals surface area contributed by atoms with Crippen molar-refractivity contribution in [1.82, 2.24) is 15.3 Å². The normalized spacial score (nSPS) is 15.4. The van der Waals surface area contributed by atoms with Crippen LogP contribution in [0.25, 0.3) is 22.5 Å². The fraction of sp³-hybridized carbons (Fsp3) is 0.391. The van der Waals surface area contributed by atoms with Crippen LogP contribution in [0.4, 0.5) is 0 Å². The number of hydrogen-bond acceptors (Lipinski definition) is 3. The highest BCUT2D eigenvalue weighted by Crippen LogP contribution is 2.41. The first-order valence-electron chi connectivity index (χ1n) is 17.7. The summed E-state index contributed by atoms with van der Waals surface area (Å²) in [7, 11) is 0. The molecule has 0 aliphatic carbocycles. The largest absolute Gasteiger partial charge is 0.353 e. The average Bonchev–Trinajstić information content (AvgIpc) is 3.01. The summed E-state index contributed by atoms with van der Waals surface area (Å²) in [4.78, 5) is 9.84. The van der Waals surface area contributed by atoms with E-state index in [-0.39, 0.29) is 21.7 Å². The van der Waals surface area contributed by atoms with Gasteiger partial charge in [0.25, 0.3) is 0 Å². The number of nitrogens with one attached hydrogen (secondary N) is 1. The van der Waals surface area contributed by atoms with E-state index < -0.39 is 0 Å². The number of allylic oxidation sites excluding steroid dienone is 3. The SMILES string of the molecule is Cc1cccc(C)c1/C(=C1\C=C(C(C)(C)C)C=C(c2cc(C(C)(C)C)ccn2)N1)c1cc(-c2cc(C(C)(C)C)ccn2)cc(C(C)(C)C)c1. The molecule has 0 saturated heterocycles. The van der Waals surface area contributed by atoms with Crippen LogP contribution >= 0.6 is 0 Å². The Morgan fingerprint density at radius 1 is 0.551 bits per heavy atom. The Morgan fingerprint density at radius 2 is 1.08 bits per heavy atom. The Balaban J connectivity index is 1.86. The summed E-state index contributed by atoms with van der Waals surface area (Å²) in [6.07, 6.45) is 8.56. The number of dihydropyridines is 1. The van der Waals surface area contributed by atoms with Crippen LogP contribution in [0, 0.1) is 19.3 Å².